The van der Waals surface area contributed by atoms with Crippen LogP contribution < -0.4 is 10.6 Å². The summed E-state index contributed by atoms with van der Waals surface area (Å²) in [5.41, 5.74) is 0.462. The number of aliphatic hydroxyl groups excluding tert-OH is 1. The van der Waals surface area contributed by atoms with Gasteiger partial charge in [0.05, 0.1) is 35.4 Å². The van der Waals surface area contributed by atoms with Crippen molar-refractivity contribution in [2.45, 2.75) is 43.7 Å². The molecule has 3 aliphatic heterocycles. The number of benzene rings is 1. The largest absolute Gasteiger partial charge is 0.478 e. The molecule has 0 radical (unpaired) electrons. The number of carboxylic acids is 2. The van der Waals surface area contributed by atoms with E-state index in [-0.39, 0.29) is 40.3 Å². The van der Waals surface area contributed by atoms with Crippen molar-refractivity contribution in [3.63, 3.8) is 0 Å². The summed E-state index contributed by atoms with van der Waals surface area (Å²) < 4.78 is 0. The van der Waals surface area contributed by atoms with E-state index in [1.165, 1.54) is 28.8 Å². The van der Waals surface area contributed by atoms with Gasteiger partial charge in [0.2, 0.25) is 5.91 Å². The van der Waals surface area contributed by atoms with Crippen LogP contribution in [0, 0.1) is 11.8 Å². The molecule has 6 atom stereocenters. The molecule has 2 fully saturated rings. The minimum absolute atomic E-state index is 0.0159. The second-order valence-corrected chi connectivity index (χ2v) is 10.0. The summed E-state index contributed by atoms with van der Waals surface area (Å²) in [7, 11) is 0. The van der Waals surface area contributed by atoms with Crippen LogP contribution in [0.5, 0.6) is 0 Å². The number of anilines is 1. The lowest BCUT2D eigenvalue weighted by Gasteiger charge is -2.46. The van der Waals surface area contributed by atoms with Gasteiger partial charge >= 0.3 is 11.9 Å². The highest BCUT2D eigenvalue weighted by Crippen LogP contribution is 2.51. The van der Waals surface area contributed by atoms with Crippen molar-refractivity contribution in [2.75, 3.05) is 11.9 Å². The predicted molar refractivity (Wildman–Crippen MR) is 118 cm³/mol. The zero-order chi connectivity index (χ0) is 24.0. The Morgan fingerprint density at radius 2 is 1.97 bits per heavy atom. The van der Waals surface area contributed by atoms with Crippen LogP contribution in [0.4, 0.5) is 5.69 Å². The third-order valence-electron chi connectivity index (χ3n) is 6.52. The number of β-lactam (4-membered cyclic amide) rings is 1. The number of hydrogen-bond acceptors (Lipinski definition) is 6. The van der Waals surface area contributed by atoms with Crippen LogP contribution in [0.15, 0.2) is 34.9 Å². The van der Waals surface area contributed by atoms with Gasteiger partial charge in [0.15, 0.2) is 6.04 Å². The summed E-state index contributed by atoms with van der Waals surface area (Å²) in [5, 5.41) is 33.4. The van der Waals surface area contributed by atoms with Gasteiger partial charge in [0.1, 0.15) is 5.70 Å². The van der Waals surface area contributed by atoms with Gasteiger partial charge in [0, 0.05) is 22.9 Å². The van der Waals surface area contributed by atoms with E-state index in [1.54, 1.807) is 19.1 Å². The van der Waals surface area contributed by atoms with Crippen molar-refractivity contribution >= 4 is 41.2 Å². The number of aliphatic hydroxyl groups is 1. The molecule has 0 aromatic heterocycles. The van der Waals surface area contributed by atoms with Crippen LogP contribution in [0.2, 0.25) is 0 Å². The van der Waals surface area contributed by atoms with Crippen LogP contribution >= 0.6 is 11.8 Å². The molecule has 0 bridgehead atoms. The van der Waals surface area contributed by atoms with Crippen LogP contribution in [-0.2, 0) is 14.4 Å². The lowest BCUT2D eigenvalue weighted by Crippen LogP contribution is -2.89. The Hall–Kier alpha value is -2.89. The minimum Gasteiger partial charge on any atom is -0.478 e. The third kappa shape index (κ3) is 4.11. The van der Waals surface area contributed by atoms with Crippen LogP contribution in [-0.4, -0.2) is 74.0 Å². The molecule has 1 aromatic carbocycles. The highest BCUT2D eigenvalue weighted by Gasteiger charge is 2.60. The fourth-order valence-electron chi connectivity index (χ4n) is 4.93. The first-order valence-corrected chi connectivity index (χ1v) is 11.6. The first kappa shape index (κ1) is 23.3. The first-order valence-electron chi connectivity index (χ1n) is 10.7. The molecule has 0 spiro atoms. The van der Waals surface area contributed by atoms with Gasteiger partial charge in [-0.05, 0) is 25.1 Å². The number of amides is 2. The monoisotopic (exact) mass is 476 g/mol. The quantitative estimate of drug-likeness (QED) is 0.341. The number of nitrogens with two attached hydrogens (primary N) is 1. The Morgan fingerprint density at radius 3 is 2.61 bits per heavy atom. The average molecular weight is 477 g/mol. The Bertz CT molecular complexity index is 1060. The number of quaternary nitrogens is 1. The maximum absolute atomic E-state index is 12.7. The summed E-state index contributed by atoms with van der Waals surface area (Å²) in [5.74, 6) is -3.69. The van der Waals surface area contributed by atoms with Crippen molar-refractivity contribution < 1.29 is 39.8 Å². The first-order chi connectivity index (χ1) is 15.6. The predicted octanol–water partition coefficient (Wildman–Crippen LogP) is -0.0855. The third-order valence-corrected chi connectivity index (χ3v) is 8.06. The maximum Gasteiger partial charge on any atom is 0.353 e. The van der Waals surface area contributed by atoms with Gasteiger partial charge in [-0.25, -0.2) is 9.59 Å². The van der Waals surface area contributed by atoms with E-state index >= 15 is 0 Å². The zero-order valence-corrected chi connectivity index (χ0v) is 18.9. The number of carbonyl (C=O) groups excluding carboxylic acids is 2. The molecule has 1 aromatic rings. The Labute approximate surface area is 194 Å². The molecule has 6 N–H and O–H groups in total. The minimum atomic E-state index is -1.17. The van der Waals surface area contributed by atoms with Gasteiger partial charge in [-0.2, -0.15) is 0 Å². The highest BCUT2D eigenvalue weighted by atomic mass is 32.2. The van der Waals surface area contributed by atoms with E-state index in [9.17, 15) is 29.4 Å². The second kappa shape index (κ2) is 8.81. The number of hydrogen-bond donors (Lipinski definition) is 5. The summed E-state index contributed by atoms with van der Waals surface area (Å²) >= 11 is 1.39. The Morgan fingerprint density at radius 1 is 1.24 bits per heavy atom. The molecular weight excluding hydrogens is 450 g/mol. The van der Waals surface area contributed by atoms with Crippen LogP contribution in [0.1, 0.15) is 30.6 Å². The van der Waals surface area contributed by atoms with E-state index in [1.807, 2.05) is 12.2 Å². The molecule has 0 unspecified atom stereocenters. The molecule has 4 rings (SSSR count). The van der Waals surface area contributed by atoms with Crippen molar-refractivity contribution in [3.8, 4) is 0 Å². The molecule has 0 saturated carbocycles. The molecule has 3 heterocycles. The number of thioether (sulfide) groups is 1. The number of carbonyl (C=O) groups is 4. The summed E-state index contributed by atoms with van der Waals surface area (Å²) in [6.45, 7) is 4.01. The van der Waals surface area contributed by atoms with Gasteiger partial charge in [-0.1, -0.05) is 13.0 Å². The summed E-state index contributed by atoms with van der Waals surface area (Å²) in [4.78, 5) is 50.2. The maximum atomic E-state index is 12.7. The smallest absolute Gasteiger partial charge is 0.353 e. The van der Waals surface area contributed by atoms with Crippen LogP contribution in [0.25, 0.3) is 0 Å². The van der Waals surface area contributed by atoms with Crippen molar-refractivity contribution in [1.29, 1.82) is 0 Å². The molecule has 2 amide bonds. The summed E-state index contributed by atoms with van der Waals surface area (Å²) in [6, 6.07) is 5.25. The Kier molecular flexibility index (Phi) is 6.21. The standard InChI is InChI=1S/C22H25N3O7S/c1-9-16-15(10(2)26)20(28)25(16)17(22(31)32)18(9)33-13-7-14(23-8-13)19(27)24-12-5-3-4-11(6-12)21(29)30/h3-6,9-10,13-16,23,26H,7-8H2,1-2H3,(H,24,27)(H,29,30)(H,31,32)/p+1/t9-,10-,13+,14+,15-,16-/m1/s1. The van der Waals surface area contributed by atoms with Crippen molar-refractivity contribution in [3.05, 3.63) is 40.4 Å². The number of aliphatic carboxylic acids is 1. The van der Waals surface area contributed by atoms with Crippen molar-refractivity contribution in [2.24, 2.45) is 11.8 Å². The fourth-order valence-corrected chi connectivity index (χ4v) is 6.45. The number of fused-ring (bicyclic) bond motifs is 1. The number of rotatable bonds is 7. The van der Waals surface area contributed by atoms with Crippen molar-refractivity contribution in [1.82, 2.24) is 4.90 Å². The number of nitrogens with one attached hydrogen (secondary N) is 1. The number of nitrogens with zero attached hydrogens (tertiary/aromatic N) is 1. The molecule has 0 aliphatic carbocycles. The van der Waals surface area contributed by atoms with E-state index in [2.05, 4.69) is 5.32 Å². The SMILES string of the molecule is C[C@@H](O)[C@H]1C(=O)N2C(C(=O)O)=C(S[C@@H]3C[NH2+][C@H](C(=O)Nc4cccc(C(=O)O)c4)C3)[C@H](C)[C@H]12. The number of aromatic carboxylic acids is 1. The highest BCUT2D eigenvalue weighted by molar-refractivity contribution is 8.03. The van der Waals surface area contributed by atoms with Gasteiger partial charge in [0.25, 0.3) is 5.91 Å². The van der Waals surface area contributed by atoms with E-state index in [0.717, 1.165) is 0 Å². The molecule has 11 heteroatoms. The second-order valence-electron chi connectivity index (χ2n) is 8.70. The lowest BCUT2D eigenvalue weighted by atomic mass is 9.79. The summed E-state index contributed by atoms with van der Waals surface area (Å²) in [6.07, 6.45) is -0.357. The average Bonchev–Trinajstić information content (AvgIpc) is 3.30. The molecule has 33 heavy (non-hydrogen) atoms. The van der Waals surface area contributed by atoms with Gasteiger partial charge in [-0.3, -0.25) is 9.59 Å². The molecule has 10 nitrogen and oxygen atoms in total. The van der Waals surface area contributed by atoms with E-state index in [0.29, 0.717) is 23.6 Å². The molecule has 3 aliphatic rings. The normalized spacial score (nSPS) is 29.5. The van der Waals surface area contributed by atoms with E-state index in [4.69, 9.17) is 5.11 Å². The molecule has 2 saturated heterocycles. The Balaban J connectivity index is 1.43. The molecular formula is C22H26N3O7S+. The topological polar surface area (TPSA) is 161 Å². The molecule has 176 valence electrons. The lowest BCUT2D eigenvalue weighted by molar-refractivity contribution is -0.656. The van der Waals surface area contributed by atoms with Gasteiger partial charge in [-0.15, -0.1) is 11.8 Å². The number of carboxylic acid groups (broad SMARTS) is 2. The van der Waals surface area contributed by atoms with E-state index < -0.39 is 30.0 Å². The van der Waals surface area contributed by atoms with Crippen LogP contribution in [0.3, 0.4) is 0 Å². The fraction of sp³-hybridized carbons (Fsp3) is 0.455. The van der Waals surface area contributed by atoms with Gasteiger partial charge < -0.3 is 30.9 Å². The zero-order valence-electron chi connectivity index (χ0n) is 18.1.